The lowest BCUT2D eigenvalue weighted by Gasteiger charge is -2.26. The molecule has 0 radical (unpaired) electrons. The molecule has 1 aromatic rings. The zero-order valence-electron chi connectivity index (χ0n) is 19.0. The van der Waals surface area contributed by atoms with E-state index in [9.17, 15) is 18.0 Å². The quantitative estimate of drug-likeness (QED) is 0.272. The summed E-state index contributed by atoms with van der Waals surface area (Å²) in [4.78, 5) is 20.1. The number of aliphatic imine (C=N–C) groups is 1. The molecular weight excluding hydrogens is 534 g/mol. The van der Waals surface area contributed by atoms with Crippen LogP contribution in [0.25, 0.3) is 0 Å². The van der Waals surface area contributed by atoms with E-state index in [0.717, 1.165) is 31.0 Å². The number of nitrogens with one attached hydrogen (secondary N) is 2. The molecule has 0 aliphatic carbocycles. The summed E-state index contributed by atoms with van der Waals surface area (Å²) in [5.74, 6) is 0.871. The number of carbonyl (C=O) groups is 1. The van der Waals surface area contributed by atoms with Crippen molar-refractivity contribution in [3.8, 4) is 0 Å². The molecule has 0 saturated carbocycles. The highest BCUT2D eigenvalue weighted by Gasteiger charge is 2.33. The Kier molecular flexibility index (Phi) is 12.3. The highest BCUT2D eigenvalue weighted by molar-refractivity contribution is 14.0. The zero-order valence-corrected chi connectivity index (χ0v) is 21.4. The topological polar surface area (TPSA) is 60.0 Å². The van der Waals surface area contributed by atoms with Crippen LogP contribution in [0.2, 0.25) is 0 Å². The summed E-state index contributed by atoms with van der Waals surface area (Å²) in [5, 5.41) is 5.92. The molecule has 1 unspecified atom stereocenters. The molecule has 1 saturated heterocycles. The maximum absolute atomic E-state index is 12.7. The van der Waals surface area contributed by atoms with Crippen LogP contribution >= 0.6 is 24.0 Å². The van der Waals surface area contributed by atoms with Crippen molar-refractivity contribution >= 4 is 35.8 Å². The average Bonchev–Trinajstić information content (AvgIpc) is 3.19. The lowest BCUT2D eigenvalue weighted by Crippen LogP contribution is -2.42. The summed E-state index contributed by atoms with van der Waals surface area (Å²) in [6, 6.07) is 7.48. The number of likely N-dealkylation sites (tertiary alicyclic amines) is 1. The lowest BCUT2D eigenvalue weighted by molar-refractivity contribution is -0.146. The van der Waals surface area contributed by atoms with Gasteiger partial charge in [-0.2, -0.15) is 13.2 Å². The van der Waals surface area contributed by atoms with Gasteiger partial charge in [0.05, 0.1) is 6.54 Å². The summed E-state index contributed by atoms with van der Waals surface area (Å²) in [5.41, 5.74) is 1.66. The van der Waals surface area contributed by atoms with E-state index in [1.165, 1.54) is 4.90 Å². The predicted molar refractivity (Wildman–Crippen MR) is 133 cm³/mol. The van der Waals surface area contributed by atoms with Crippen molar-refractivity contribution in [3.05, 3.63) is 35.4 Å². The maximum Gasteiger partial charge on any atom is 0.401 e. The van der Waals surface area contributed by atoms with Gasteiger partial charge >= 0.3 is 6.18 Å². The molecule has 1 amide bonds. The number of hydrogen-bond acceptors (Lipinski definition) is 3. The fraction of sp³-hybridized carbons (Fsp3) is 0.636. The van der Waals surface area contributed by atoms with Crippen molar-refractivity contribution in [1.82, 2.24) is 20.4 Å². The molecule has 1 heterocycles. The van der Waals surface area contributed by atoms with Crippen molar-refractivity contribution in [3.63, 3.8) is 0 Å². The molecule has 0 aromatic heterocycles. The molecular formula is C22H35F3IN5O. The Morgan fingerprint density at radius 2 is 2.06 bits per heavy atom. The Morgan fingerprint density at radius 3 is 2.69 bits per heavy atom. The number of nitrogens with zero attached hydrogens (tertiary/aromatic N) is 3. The lowest BCUT2D eigenvalue weighted by atomic mass is 10.1. The van der Waals surface area contributed by atoms with E-state index in [4.69, 9.17) is 4.99 Å². The molecule has 10 heteroatoms. The van der Waals surface area contributed by atoms with Crippen molar-refractivity contribution in [2.24, 2.45) is 10.9 Å². The SMILES string of the molecule is CCNC(=NCCc1cccc(C(=O)NC)c1)N1CCC(CN(CC)CC(F)(F)F)C1.I. The molecule has 1 aliphatic heterocycles. The molecule has 0 spiro atoms. The Labute approximate surface area is 206 Å². The van der Waals surface area contributed by atoms with Gasteiger partial charge in [0.25, 0.3) is 5.91 Å². The van der Waals surface area contributed by atoms with E-state index in [-0.39, 0.29) is 35.8 Å². The van der Waals surface area contributed by atoms with Gasteiger partial charge in [-0.25, -0.2) is 0 Å². The number of benzene rings is 1. The molecule has 2 N–H and O–H groups in total. The first-order valence-corrected chi connectivity index (χ1v) is 10.9. The highest BCUT2D eigenvalue weighted by atomic mass is 127. The van der Waals surface area contributed by atoms with Crippen molar-refractivity contribution < 1.29 is 18.0 Å². The minimum Gasteiger partial charge on any atom is -0.357 e. The number of carbonyl (C=O) groups excluding carboxylic acids is 1. The van der Waals surface area contributed by atoms with Crippen LogP contribution < -0.4 is 10.6 Å². The van der Waals surface area contributed by atoms with E-state index < -0.39 is 12.7 Å². The molecule has 32 heavy (non-hydrogen) atoms. The van der Waals surface area contributed by atoms with Crippen molar-refractivity contribution in [2.45, 2.75) is 32.9 Å². The summed E-state index contributed by atoms with van der Waals surface area (Å²) in [7, 11) is 1.61. The second-order valence-corrected chi connectivity index (χ2v) is 7.81. The number of amides is 1. The third-order valence-electron chi connectivity index (χ3n) is 5.37. The molecule has 0 bridgehead atoms. The van der Waals surface area contributed by atoms with Gasteiger partial charge in [0.1, 0.15) is 0 Å². The van der Waals surface area contributed by atoms with Crippen LogP contribution in [0.5, 0.6) is 0 Å². The molecule has 182 valence electrons. The molecule has 1 fully saturated rings. The van der Waals surface area contributed by atoms with E-state index in [1.807, 2.05) is 25.1 Å². The highest BCUT2D eigenvalue weighted by Crippen LogP contribution is 2.21. The minimum absolute atomic E-state index is 0. The largest absolute Gasteiger partial charge is 0.401 e. The standard InChI is InChI=1S/C22H34F3N5O.HI/c1-4-27-21(28-11-9-17-7-6-8-19(13-17)20(31)26-3)30-12-10-18(15-30)14-29(5-2)16-22(23,24)25;/h6-8,13,18H,4-5,9-12,14-16H2,1-3H3,(H,26,31)(H,27,28);1H. The minimum atomic E-state index is -4.17. The molecule has 1 aromatic carbocycles. The van der Waals surface area contributed by atoms with E-state index in [0.29, 0.717) is 38.2 Å². The van der Waals surface area contributed by atoms with Crippen LogP contribution in [-0.4, -0.2) is 80.7 Å². The number of halogens is 4. The van der Waals surface area contributed by atoms with E-state index in [2.05, 4.69) is 15.5 Å². The average molecular weight is 569 g/mol. The monoisotopic (exact) mass is 569 g/mol. The fourth-order valence-electron chi connectivity index (χ4n) is 3.83. The van der Waals surface area contributed by atoms with Gasteiger partial charge in [0.15, 0.2) is 5.96 Å². The van der Waals surface area contributed by atoms with Crippen LogP contribution in [0, 0.1) is 5.92 Å². The Bertz CT molecular complexity index is 745. The van der Waals surface area contributed by atoms with Crippen LogP contribution in [0.15, 0.2) is 29.3 Å². The number of hydrogen-bond donors (Lipinski definition) is 2. The number of guanidine groups is 1. The maximum atomic E-state index is 12.7. The van der Waals surface area contributed by atoms with Gasteiger partial charge in [0, 0.05) is 45.3 Å². The van der Waals surface area contributed by atoms with E-state index in [1.54, 1.807) is 20.0 Å². The van der Waals surface area contributed by atoms with Gasteiger partial charge in [-0.05, 0) is 49.9 Å². The zero-order chi connectivity index (χ0) is 22.9. The van der Waals surface area contributed by atoms with Gasteiger partial charge < -0.3 is 15.5 Å². The summed E-state index contributed by atoms with van der Waals surface area (Å²) >= 11 is 0. The van der Waals surface area contributed by atoms with Crippen LogP contribution in [-0.2, 0) is 6.42 Å². The smallest absolute Gasteiger partial charge is 0.357 e. The number of alkyl halides is 3. The van der Waals surface area contributed by atoms with Crippen molar-refractivity contribution in [1.29, 1.82) is 0 Å². The van der Waals surface area contributed by atoms with Gasteiger partial charge in [-0.3, -0.25) is 14.7 Å². The van der Waals surface area contributed by atoms with Crippen molar-refractivity contribution in [2.75, 3.05) is 52.9 Å². The molecule has 6 nitrogen and oxygen atoms in total. The number of rotatable bonds is 9. The normalized spacial score (nSPS) is 16.8. The Morgan fingerprint density at radius 1 is 1.31 bits per heavy atom. The van der Waals surface area contributed by atoms with Crippen LogP contribution in [0.3, 0.4) is 0 Å². The second-order valence-electron chi connectivity index (χ2n) is 7.81. The first-order chi connectivity index (χ1) is 14.8. The Balaban J connectivity index is 0.00000512. The second kappa shape index (κ2) is 13.9. The van der Waals surface area contributed by atoms with Crippen LogP contribution in [0.1, 0.15) is 36.2 Å². The molecule has 1 atom stereocenters. The summed E-state index contributed by atoms with van der Waals surface area (Å²) in [6.07, 6.45) is -2.61. The van der Waals surface area contributed by atoms with Gasteiger partial charge in [-0.1, -0.05) is 19.1 Å². The first-order valence-electron chi connectivity index (χ1n) is 10.9. The summed E-state index contributed by atoms with van der Waals surface area (Å²) < 4.78 is 38.2. The van der Waals surface area contributed by atoms with Crippen LogP contribution in [0.4, 0.5) is 13.2 Å². The summed E-state index contributed by atoms with van der Waals surface area (Å²) in [6.45, 7) is 6.51. The van der Waals surface area contributed by atoms with Gasteiger partial charge in [0.2, 0.25) is 0 Å². The van der Waals surface area contributed by atoms with Gasteiger partial charge in [-0.15, -0.1) is 24.0 Å². The first kappa shape index (κ1) is 28.5. The molecule has 1 aliphatic rings. The predicted octanol–water partition coefficient (Wildman–Crippen LogP) is 3.38. The Hall–Kier alpha value is -1.56. The third kappa shape index (κ3) is 9.51. The fourth-order valence-corrected chi connectivity index (χ4v) is 3.83. The van der Waals surface area contributed by atoms with E-state index >= 15 is 0 Å². The third-order valence-corrected chi connectivity index (χ3v) is 5.37. The molecule has 2 rings (SSSR count).